The number of thioether (sulfide) groups is 1. The molecule has 0 amide bonds. The number of nitro groups is 1. The fourth-order valence-electron chi connectivity index (χ4n) is 2.34. The van der Waals surface area contributed by atoms with E-state index in [0.29, 0.717) is 0 Å². The Labute approximate surface area is 119 Å². The highest BCUT2D eigenvalue weighted by molar-refractivity contribution is 7.98. The van der Waals surface area contributed by atoms with E-state index in [-0.39, 0.29) is 17.4 Å². The summed E-state index contributed by atoms with van der Waals surface area (Å²) in [5.74, 6) is 0.721. The van der Waals surface area contributed by atoms with Gasteiger partial charge in [-0.2, -0.15) is 5.10 Å². The van der Waals surface area contributed by atoms with E-state index in [1.165, 1.54) is 22.5 Å². The monoisotopic (exact) mass is 294 g/mol. The van der Waals surface area contributed by atoms with Crippen LogP contribution >= 0.6 is 11.8 Å². The van der Waals surface area contributed by atoms with Crippen molar-refractivity contribution >= 4 is 28.9 Å². The van der Waals surface area contributed by atoms with E-state index in [2.05, 4.69) is 15.0 Å². The summed E-state index contributed by atoms with van der Waals surface area (Å²) in [5.41, 5.74) is 6.10. The summed E-state index contributed by atoms with van der Waals surface area (Å²) in [7, 11) is 0. The maximum Gasteiger partial charge on any atom is 0.333 e. The zero-order chi connectivity index (χ0) is 14.3. The fourth-order valence-corrected chi connectivity index (χ4v) is 2.87. The second kappa shape index (κ2) is 4.91. The van der Waals surface area contributed by atoms with Crippen molar-refractivity contribution in [3.05, 3.63) is 22.4 Å². The van der Waals surface area contributed by atoms with Crippen LogP contribution in [0.3, 0.4) is 0 Å². The molecule has 1 atom stereocenters. The quantitative estimate of drug-likeness (QED) is 0.388. The second-order valence-corrected chi connectivity index (χ2v) is 5.50. The number of rotatable bonds is 3. The topological polar surface area (TPSA) is 103 Å². The summed E-state index contributed by atoms with van der Waals surface area (Å²) in [4.78, 5) is 17.0. The Hall–Kier alpha value is -1.87. The SMILES string of the molecule is CSc1cc(N2CC[C@H](N)C2)nc2c([N+](=O)[O-])cnn12. The predicted molar refractivity (Wildman–Crippen MR) is 76.2 cm³/mol. The largest absolute Gasteiger partial charge is 0.355 e. The highest BCUT2D eigenvalue weighted by Gasteiger charge is 2.24. The minimum atomic E-state index is -0.459. The van der Waals surface area contributed by atoms with E-state index in [9.17, 15) is 10.1 Å². The average molecular weight is 294 g/mol. The van der Waals surface area contributed by atoms with Gasteiger partial charge in [-0.3, -0.25) is 10.1 Å². The van der Waals surface area contributed by atoms with Crippen molar-refractivity contribution in [3.63, 3.8) is 0 Å². The average Bonchev–Trinajstić information content (AvgIpc) is 3.03. The molecular formula is C11H14N6O2S. The molecule has 1 saturated heterocycles. The molecule has 2 N–H and O–H groups in total. The number of hydrogen-bond donors (Lipinski definition) is 1. The number of anilines is 1. The van der Waals surface area contributed by atoms with E-state index in [0.717, 1.165) is 30.4 Å². The third-order valence-electron chi connectivity index (χ3n) is 3.36. The Balaban J connectivity index is 2.14. The van der Waals surface area contributed by atoms with Gasteiger partial charge in [-0.1, -0.05) is 0 Å². The van der Waals surface area contributed by atoms with Gasteiger partial charge in [0.05, 0.1) is 4.92 Å². The number of hydrogen-bond acceptors (Lipinski definition) is 7. The van der Waals surface area contributed by atoms with E-state index in [1.807, 2.05) is 12.3 Å². The molecule has 2 aromatic heterocycles. The molecule has 2 aromatic rings. The fraction of sp³-hybridized carbons (Fsp3) is 0.455. The van der Waals surface area contributed by atoms with Crippen molar-refractivity contribution in [2.75, 3.05) is 24.2 Å². The molecule has 3 rings (SSSR count). The molecule has 3 heterocycles. The Kier molecular flexibility index (Phi) is 3.22. The van der Waals surface area contributed by atoms with Crippen molar-refractivity contribution in [2.45, 2.75) is 17.5 Å². The van der Waals surface area contributed by atoms with Gasteiger partial charge in [-0.25, -0.2) is 9.50 Å². The van der Waals surface area contributed by atoms with Crippen molar-refractivity contribution in [1.29, 1.82) is 0 Å². The van der Waals surface area contributed by atoms with Crippen LogP contribution < -0.4 is 10.6 Å². The van der Waals surface area contributed by atoms with Gasteiger partial charge < -0.3 is 10.6 Å². The molecule has 0 bridgehead atoms. The molecule has 20 heavy (non-hydrogen) atoms. The van der Waals surface area contributed by atoms with Crippen LogP contribution in [0.25, 0.3) is 5.65 Å². The highest BCUT2D eigenvalue weighted by Crippen LogP contribution is 2.28. The molecule has 1 aliphatic rings. The first-order chi connectivity index (χ1) is 9.60. The van der Waals surface area contributed by atoms with Gasteiger partial charge >= 0.3 is 5.69 Å². The molecule has 106 valence electrons. The molecule has 0 aliphatic carbocycles. The third-order valence-corrected chi connectivity index (χ3v) is 4.07. The van der Waals surface area contributed by atoms with Crippen molar-refractivity contribution in [1.82, 2.24) is 14.6 Å². The van der Waals surface area contributed by atoms with Gasteiger partial charge in [0.2, 0.25) is 5.65 Å². The first-order valence-corrected chi connectivity index (χ1v) is 7.40. The molecule has 8 nitrogen and oxygen atoms in total. The number of aromatic nitrogens is 3. The van der Waals surface area contributed by atoms with E-state index in [1.54, 1.807) is 0 Å². The summed E-state index contributed by atoms with van der Waals surface area (Å²) < 4.78 is 1.50. The first kappa shape index (κ1) is 13.1. The molecule has 0 aromatic carbocycles. The molecule has 0 spiro atoms. The van der Waals surface area contributed by atoms with Crippen molar-refractivity contribution in [3.8, 4) is 0 Å². The van der Waals surface area contributed by atoms with Gasteiger partial charge in [0.1, 0.15) is 17.0 Å². The normalized spacial score (nSPS) is 18.9. The van der Waals surface area contributed by atoms with Gasteiger partial charge in [-0.05, 0) is 12.7 Å². The zero-order valence-electron chi connectivity index (χ0n) is 10.9. The standard InChI is InChI=1S/C11H14N6O2S/c1-20-10-4-9(15-3-2-7(12)6-15)14-11-8(17(18)19)5-13-16(10)11/h4-5,7H,2-3,6,12H2,1H3/t7-/m0/s1. The van der Waals surface area contributed by atoms with Crippen LogP contribution in [0.4, 0.5) is 11.5 Å². The lowest BCUT2D eigenvalue weighted by molar-refractivity contribution is -0.383. The first-order valence-electron chi connectivity index (χ1n) is 6.18. The summed E-state index contributed by atoms with van der Waals surface area (Å²) in [6, 6.07) is 2.03. The Bertz CT molecular complexity index is 672. The molecule has 0 saturated carbocycles. The number of fused-ring (bicyclic) bond motifs is 1. The molecule has 1 fully saturated rings. The van der Waals surface area contributed by atoms with Crippen molar-refractivity contribution < 1.29 is 4.92 Å². The molecule has 0 radical (unpaired) electrons. The predicted octanol–water partition coefficient (Wildman–Crippen LogP) is 0.897. The lowest BCUT2D eigenvalue weighted by Crippen LogP contribution is -2.27. The summed E-state index contributed by atoms with van der Waals surface area (Å²) in [5, 5.41) is 15.9. The van der Waals surface area contributed by atoms with Crippen LogP contribution in [0, 0.1) is 10.1 Å². The number of nitrogens with two attached hydrogens (primary N) is 1. The van der Waals surface area contributed by atoms with Crippen LogP contribution in [-0.4, -0.2) is 44.9 Å². The Morgan fingerprint density at radius 1 is 1.60 bits per heavy atom. The van der Waals surface area contributed by atoms with Gasteiger partial charge in [0, 0.05) is 25.2 Å². The van der Waals surface area contributed by atoms with E-state index in [4.69, 9.17) is 5.73 Å². The Morgan fingerprint density at radius 3 is 3.00 bits per heavy atom. The summed E-state index contributed by atoms with van der Waals surface area (Å²) in [6.45, 7) is 1.54. The molecule has 0 unspecified atom stereocenters. The van der Waals surface area contributed by atoms with Crippen LogP contribution in [-0.2, 0) is 0 Å². The van der Waals surface area contributed by atoms with Gasteiger partial charge in [0.15, 0.2) is 0 Å². The molecular weight excluding hydrogens is 280 g/mol. The van der Waals surface area contributed by atoms with Gasteiger partial charge in [-0.15, -0.1) is 11.8 Å². The maximum absolute atomic E-state index is 11.0. The lowest BCUT2D eigenvalue weighted by atomic mass is 10.3. The van der Waals surface area contributed by atoms with Crippen LogP contribution in [0.5, 0.6) is 0 Å². The third kappa shape index (κ3) is 2.08. The minimum absolute atomic E-state index is 0.0781. The van der Waals surface area contributed by atoms with Crippen LogP contribution in [0.2, 0.25) is 0 Å². The summed E-state index contributed by atoms with van der Waals surface area (Å²) >= 11 is 1.48. The van der Waals surface area contributed by atoms with Crippen LogP contribution in [0.1, 0.15) is 6.42 Å². The smallest absolute Gasteiger partial charge is 0.333 e. The summed E-state index contributed by atoms with van der Waals surface area (Å²) in [6.07, 6.45) is 4.05. The second-order valence-electron chi connectivity index (χ2n) is 4.67. The van der Waals surface area contributed by atoms with E-state index >= 15 is 0 Å². The van der Waals surface area contributed by atoms with Gasteiger partial charge in [0.25, 0.3) is 0 Å². The maximum atomic E-state index is 11.0. The number of nitrogens with zero attached hydrogens (tertiary/aromatic N) is 5. The lowest BCUT2D eigenvalue weighted by Gasteiger charge is -2.17. The zero-order valence-corrected chi connectivity index (χ0v) is 11.7. The highest BCUT2D eigenvalue weighted by atomic mass is 32.2. The minimum Gasteiger partial charge on any atom is -0.355 e. The molecule has 9 heteroatoms. The van der Waals surface area contributed by atoms with Crippen molar-refractivity contribution in [2.24, 2.45) is 5.73 Å². The Morgan fingerprint density at radius 2 is 2.40 bits per heavy atom. The van der Waals surface area contributed by atoms with Crippen LogP contribution in [0.15, 0.2) is 17.3 Å². The molecule has 1 aliphatic heterocycles. The van der Waals surface area contributed by atoms with E-state index < -0.39 is 4.92 Å².